The molecule has 0 atom stereocenters. The van der Waals surface area contributed by atoms with Gasteiger partial charge in [-0.3, -0.25) is 14.7 Å². The summed E-state index contributed by atoms with van der Waals surface area (Å²) in [5.74, 6) is 1.34. The van der Waals surface area contributed by atoms with Crippen LogP contribution < -0.4 is 5.32 Å². The molecule has 0 saturated carbocycles. The molecule has 4 heterocycles. The molecule has 0 unspecified atom stereocenters. The molecule has 1 fully saturated rings. The van der Waals surface area contributed by atoms with Gasteiger partial charge in [-0.2, -0.15) is 0 Å². The minimum Gasteiger partial charge on any atom is -0.349 e. The molecule has 2 aromatic rings. The van der Waals surface area contributed by atoms with E-state index in [1.807, 2.05) is 25.3 Å². The molecular formula is C20H28N6O. The van der Waals surface area contributed by atoms with Crippen LogP contribution in [-0.2, 0) is 19.5 Å². The molecule has 0 aliphatic carbocycles. The average molecular weight is 368 g/mol. The molecule has 1 saturated heterocycles. The number of aromatic nitrogens is 4. The van der Waals surface area contributed by atoms with Crippen LogP contribution in [0.15, 0.2) is 24.4 Å². The molecule has 2 aliphatic heterocycles. The Balaban J connectivity index is 1.41. The number of amides is 1. The zero-order valence-corrected chi connectivity index (χ0v) is 16.0. The van der Waals surface area contributed by atoms with E-state index in [2.05, 4.69) is 36.0 Å². The Morgan fingerprint density at radius 3 is 2.81 bits per heavy atom. The summed E-state index contributed by atoms with van der Waals surface area (Å²) in [5.41, 5.74) is 1.39. The summed E-state index contributed by atoms with van der Waals surface area (Å²) < 4.78 is 2.07. The van der Waals surface area contributed by atoms with Gasteiger partial charge in [-0.25, -0.2) is 0 Å². The van der Waals surface area contributed by atoms with E-state index in [4.69, 9.17) is 0 Å². The Morgan fingerprint density at radius 2 is 2.07 bits per heavy atom. The summed E-state index contributed by atoms with van der Waals surface area (Å²) in [6, 6.07) is 6.10. The van der Waals surface area contributed by atoms with Crippen molar-refractivity contribution in [1.29, 1.82) is 0 Å². The van der Waals surface area contributed by atoms with Gasteiger partial charge in [0.2, 0.25) is 5.82 Å². The predicted molar refractivity (Wildman–Crippen MR) is 102 cm³/mol. The standard InChI is InChI=1S/C20H28N6O/c1-2-10-22-19(27)18-24-23-17-6-7-20(15-26(17)18)8-12-25(13-9-20)14-16-5-3-4-11-21-16/h3-5,11H,2,6-10,12-15H2,1H3,(H,22,27). The minimum atomic E-state index is -0.0970. The van der Waals surface area contributed by atoms with Crippen LogP contribution >= 0.6 is 0 Å². The first kappa shape index (κ1) is 18.1. The lowest BCUT2D eigenvalue weighted by Gasteiger charge is -2.44. The van der Waals surface area contributed by atoms with Crippen molar-refractivity contribution < 1.29 is 4.79 Å². The second kappa shape index (κ2) is 7.76. The molecule has 144 valence electrons. The van der Waals surface area contributed by atoms with Gasteiger partial charge in [0, 0.05) is 32.3 Å². The van der Waals surface area contributed by atoms with Crippen molar-refractivity contribution >= 4 is 5.91 Å². The van der Waals surface area contributed by atoms with Crippen molar-refractivity contribution in [1.82, 2.24) is 30.0 Å². The number of nitrogens with zero attached hydrogens (tertiary/aromatic N) is 5. The lowest BCUT2D eigenvalue weighted by atomic mass is 9.73. The number of pyridine rings is 1. The van der Waals surface area contributed by atoms with Crippen LogP contribution in [0.1, 0.15) is 54.7 Å². The van der Waals surface area contributed by atoms with E-state index >= 15 is 0 Å². The van der Waals surface area contributed by atoms with Crippen LogP contribution in [0.5, 0.6) is 0 Å². The van der Waals surface area contributed by atoms with E-state index in [1.165, 1.54) is 0 Å². The van der Waals surface area contributed by atoms with Gasteiger partial charge < -0.3 is 9.88 Å². The number of carbonyl (C=O) groups excluding carboxylic acids is 1. The summed E-state index contributed by atoms with van der Waals surface area (Å²) in [4.78, 5) is 19.4. The Bertz CT molecular complexity index is 779. The van der Waals surface area contributed by atoms with Gasteiger partial charge in [-0.1, -0.05) is 13.0 Å². The highest BCUT2D eigenvalue weighted by Gasteiger charge is 2.39. The maximum atomic E-state index is 12.4. The van der Waals surface area contributed by atoms with Crippen molar-refractivity contribution in [3.8, 4) is 0 Å². The number of carbonyl (C=O) groups is 1. The van der Waals surface area contributed by atoms with E-state index in [0.717, 1.165) is 69.8 Å². The second-order valence-corrected chi connectivity index (χ2v) is 7.88. The zero-order valence-electron chi connectivity index (χ0n) is 16.0. The molecule has 1 N–H and O–H groups in total. The fourth-order valence-corrected chi connectivity index (χ4v) is 4.28. The summed E-state index contributed by atoms with van der Waals surface area (Å²) >= 11 is 0. The molecule has 1 amide bonds. The molecule has 0 radical (unpaired) electrons. The number of piperidine rings is 1. The molecule has 7 nitrogen and oxygen atoms in total. The fourth-order valence-electron chi connectivity index (χ4n) is 4.28. The van der Waals surface area contributed by atoms with Gasteiger partial charge in [0.25, 0.3) is 5.91 Å². The van der Waals surface area contributed by atoms with Gasteiger partial charge in [0.1, 0.15) is 5.82 Å². The van der Waals surface area contributed by atoms with Crippen molar-refractivity contribution in [2.75, 3.05) is 19.6 Å². The third kappa shape index (κ3) is 3.88. The van der Waals surface area contributed by atoms with Crippen LogP contribution in [0.3, 0.4) is 0 Å². The molecule has 2 aromatic heterocycles. The van der Waals surface area contributed by atoms with Crippen molar-refractivity contribution in [2.45, 2.75) is 52.1 Å². The van der Waals surface area contributed by atoms with Crippen LogP contribution in [0.25, 0.3) is 0 Å². The monoisotopic (exact) mass is 368 g/mol. The normalized spacial score (nSPS) is 19.0. The van der Waals surface area contributed by atoms with Gasteiger partial charge in [0.05, 0.1) is 5.69 Å². The van der Waals surface area contributed by atoms with Gasteiger partial charge in [-0.05, 0) is 56.3 Å². The second-order valence-electron chi connectivity index (χ2n) is 7.88. The number of likely N-dealkylation sites (tertiary alicyclic amines) is 1. The van der Waals surface area contributed by atoms with Gasteiger partial charge in [0.15, 0.2) is 0 Å². The number of rotatable bonds is 5. The van der Waals surface area contributed by atoms with Crippen molar-refractivity contribution in [2.24, 2.45) is 5.41 Å². The first-order valence-corrected chi connectivity index (χ1v) is 10.0. The van der Waals surface area contributed by atoms with E-state index in [9.17, 15) is 4.79 Å². The number of nitrogens with one attached hydrogen (secondary N) is 1. The highest BCUT2D eigenvalue weighted by atomic mass is 16.2. The van der Waals surface area contributed by atoms with Gasteiger partial charge >= 0.3 is 0 Å². The Hall–Kier alpha value is -2.28. The number of hydrogen-bond acceptors (Lipinski definition) is 5. The third-order valence-electron chi connectivity index (χ3n) is 5.97. The first-order chi connectivity index (χ1) is 13.2. The predicted octanol–water partition coefficient (Wildman–Crippen LogP) is 2.04. The summed E-state index contributed by atoms with van der Waals surface area (Å²) in [7, 11) is 0. The topological polar surface area (TPSA) is 75.9 Å². The van der Waals surface area contributed by atoms with E-state index < -0.39 is 0 Å². The highest BCUT2D eigenvalue weighted by Crippen LogP contribution is 2.41. The summed E-state index contributed by atoms with van der Waals surface area (Å²) in [6.07, 6.45) is 7.12. The third-order valence-corrected chi connectivity index (χ3v) is 5.97. The smallest absolute Gasteiger partial charge is 0.289 e. The molecule has 0 bridgehead atoms. The number of aryl methyl sites for hydroxylation is 1. The fraction of sp³-hybridized carbons (Fsp3) is 0.600. The zero-order chi connectivity index (χ0) is 18.7. The Labute approximate surface area is 160 Å². The number of fused-ring (bicyclic) bond motifs is 1. The average Bonchev–Trinajstić information content (AvgIpc) is 3.12. The maximum Gasteiger partial charge on any atom is 0.289 e. The lowest BCUT2D eigenvalue weighted by Crippen LogP contribution is -2.45. The molecule has 7 heteroatoms. The number of hydrogen-bond donors (Lipinski definition) is 1. The van der Waals surface area contributed by atoms with Crippen LogP contribution in [0.4, 0.5) is 0 Å². The van der Waals surface area contributed by atoms with Crippen LogP contribution in [0, 0.1) is 5.41 Å². The van der Waals surface area contributed by atoms with Crippen molar-refractivity contribution in [3.63, 3.8) is 0 Å². The minimum absolute atomic E-state index is 0.0970. The Morgan fingerprint density at radius 1 is 1.22 bits per heavy atom. The molecule has 4 rings (SSSR count). The molecular weight excluding hydrogens is 340 g/mol. The van der Waals surface area contributed by atoms with Crippen LogP contribution in [0.2, 0.25) is 0 Å². The quantitative estimate of drug-likeness (QED) is 0.874. The van der Waals surface area contributed by atoms with Gasteiger partial charge in [-0.15, -0.1) is 10.2 Å². The van der Waals surface area contributed by atoms with E-state index in [1.54, 1.807) is 0 Å². The molecule has 2 aliphatic rings. The van der Waals surface area contributed by atoms with Crippen LogP contribution in [-0.4, -0.2) is 50.2 Å². The summed E-state index contributed by atoms with van der Waals surface area (Å²) in [6.45, 7) is 6.65. The summed E-state index contributed by atoms with van der Waals surface area (Å²) in [5, 5.41) is 11.4. The first-order valence-electron chi connectivity index (χ1n) is 10.0. The molecule has 0 aromatic carbocycles. The largest absolute Gasteiger partial charge is 0.349 e. The Kier molecular flexibility index (Phi) is 5.20. The SMILES string of the molecule is CCCNC(=O)c1nnc2n1CC1(CC2)CCN(Cc2ccccn2)CC1. The highest BCUT2D eigenvalue weighted by molar-refractivity contribution is 5.90. The van der Waals surface area contributed by atoms with Crippen molar-refractivity contribution in [3.05, 3.63) is 41.7 Å². The molecule has 1 spiro atoms. The maximum absolute atomic E-state index is 12.4. The van der Waals surface area contributed by atoms with E-state index in [-0.39, 0.29) is 11.3 Å². The molecule has 27 heavy (non-hydrogen) atoms. The van der Waals surface area contributed by atoms with E-state index in [0.29, 0.717) is 12.4 Å². The lowest BCUT2D eigenvalue weighted by molar-refractivity contribution is 0.0612.